The fourth-order valence-electron chi connectivity index (χ4n) is 2.23. The lowest BCUT2D eigenvalue weighted by atomic mass is 10.1. The molecule has 0 atom stereocenters. The number of terminal acetylenes is 1. The number of hydrogen-bond donors (Lipinski definition) is 0. The van der Waals surface area contributed by atoms with Gasteiger partial charge in [0.05, 0.1) is 5.56 Å². The third kappa shape index (κ3) is 3.63. The highest BCUT2D eigenvalue weighted by Crippen LogP contribution is 2.25. The molecule has 1 aliphatic rings. The van der Waals surface area contributed by atoms with Crippen molar-refractivity contribution in [2.75, 3.05) is 11.4 Å². The zero-order valence-corrected chi connectivity index (χ0v) is 12.6. The Morgan fingerprint density at radius 2 is 2.05 bits per heavy atom. The number of esters is 1. The lowest BCUT2D eigenvalue weighted by Gasteiger charge is -2.21. The number of anilines is 1. The summed E-state index contributed by atoms with van der Waals surface area (Å²) in [6, 6.07) is 5.02. The number of amides is 1. The van der Waals surface area contributed by atoms with Gasteiger partial charge in [-0.3, -0.25) is 4.79 Å². The Bertz CT molecular complexity index is 620. The van der Waals surface area contributed by atoms with Gasteiger partial charge >= 0.3 is 5.97 Å². The molecule has 0 N–H and O–H groups in total. The molecule has 1 amide bonds. The molecule has 0 radical (unpaired) electrons. The Morgan fingerprint density at radius 1 is 1.33 bits per heavy atom. The molecule has 0 aliphatic carbocycles. The Morgan fingerprint density at radius 3 is 2.57 bits per heavy atom. The number of rotatable bonds is 2. The molecule has 1 aromatic carbocycles. The molecule has 1 heterocycles. The lowest BCUT2D eigenvalue weighted by molar-refractivity contribution is -0.117. The summed E-state index contributed by atoms with van der Waals surface area (Å²) < 4.78 is 5.36. The van der Waals surface area contributed by atoms with Crippen molar-refractivity contribution in [1.29, 1.82) is 0 Å². The van der Waals surface area contributed by atoms with E-state index in [2.05, 4.69) is 5.92 Å². The van der Waals surface area contributed by atoms with Gasteiger partial charge in [0.2, 0.25) is 5.91 Å². The number of ether oxygens (including phenoxy) is 1. The second kappa shape index (κ2) is 5.61. The molecule has 1 fully saturated rings. The molecule has 4 heteroatoms. The number of nitrogens with zero attached hydrogens (tertiary/aromatic N) is 1. The fourth-order valence-corrected chi connectivity index (χ4v) is 2.23. The van der Waals surface area contributed by atoms with Gasteiger partial charge in [0.25, 0.3) is 0 Å². The third-order valence-electron chi connectivity index (χ3n) is 3.10. The standard InChI is InChI=1S/C17H19NO3/c1-5-12-9-13(16(20)21-17(2,3)4)11-14(10-12)18-8-6-7-15(18)19/h1,9-11H,6-8H2,2-4H3. The first kappa shape index (κ1) is 15.1. The highest BCUT2D eigenvalue weighted by Gasteiger charge is 2.24. The maximum atomic E-state index is 12.2. The highest BCUT2D eigenvalue weighted by atomic mass is 16.6. The molecule has 4 nitrogen and oxygen atoms in total. The van der Waals surface area contributed by atoms with E-state index < -0.39 is 11.6 Å². The van der Waals surface area contributed by atoms with Crippen molar-refractivity contribution in [2.24, 2.45) is 0 Å². The van der Waals surface area contributed by atoms with Crippen LogP contribution >= 0.6 is 0 Å². The minimum absolute atomic E-state index is 0.0549. The van der Waals surface area contributed by atoms with Gasteiger partial charge in [0.1, 0.15) is 5.60 Å². The van der Waals surface area contributed by atoms with E-state index in [1.807, 2.05) is 0 Å². The Hall–Kier alpha value is -2.28. The molecule has 0 saturated carbocycles. The van der Waals surface area contributed by atoms with E-state index in [0.29, 0.717) is 29.8 Å². The van der Waals surface area contributed by atoms with E-state index in [9.17, 15) is 9.59 Å². The van der Waals surface area contributed by atoms with Gasteiger partial charge in [0, 0.05) is 24.2 Å². The molecular formula is C17H19NO3. The molecule has 1 saturated heterocycles. The van der Waals surface area contributed by atoms with Crippen LogP contribution in [0.4, 0.5) is 5.69 Å². The summed E-state index contributed by atoms with van der Waals surface area (Å²) in [5.74, 6) is 2.14. The maximum absolute atomic E-state index is 12.2. The first-order chi connectivity index (χ1) is 9.80. The lowest BCUT2D eigenvalue weighted by Crippen LogP contribution is -2.26. The van der Waals surface area contributed by atoms with Crippen molar-refractivity contribution in [3.63, 3.8) is 0 Å². The second-order valence-electron chi connectivity index (χ2n) is 6.06. The predicted octanol–water partition coefficient (Wildman–Crippen LogP) is 2.75. The molecule has 2 rings (SSSR count). The minimum atomic E-state index is -0.577. The summed E-state index contributed by atoms with van der Waals surface area (Å²) in [6.45, 7) is 6.07. The average molecular weight is 285 g/mol. The summed E-state index contributed by atoms with van der Waals surface area (Å²) in [5, 5.41) is 0. The maximum Gasteiger partial charge on any atom is 0.338 e. The number of benzene rings is 1. The largest absolute Gasteiger partial charge is 0.456 e. The minimum Gasteiger partial charge on any atom is -0.456 e. The van der Waals surface area contributed by atoms with E-state index in [-0.39, 0.29) is 5.91 Å². The Kier molecular flexibility index (Phi) is 4.04. The van der Waals surface area contributed by atoms with Crippen LogP contribution in [0, 0.1) is 12.3 Å². The van der Waals surface area contributed by atoms with Crippen molar-refractivity contribution in [2.45, 2.75) is 39.2 Å². The summed E-state index contributed by atoms with van der Waals surface area (Å²) in [6.07, 6.45) is 6.79. The van der Waals surface area contributed by atoms with E-state index >= 15 is 0 Å². The molecule has 1 aliphatic heterocycles. The molecule has 0 unspecified atom stereocenters. The van der Waals surface area contributed by atoms with E-state index in [1.54, 1.807) is 43.9 Å². The summed E-state index contributed by atoms with van der Waals surface area (Å²) >= 11 is 0. The summed E-state index contributed by atoms with van der Waals surface area (Å²) in [5.41, 5.74) is 1.02. The molecule has 1 aromatic rings. The summed E-state index contributed by atoms with van der Waals surface area (Å²) in [4.78, 5) is 25.7. The van der Waals surface area contributed by atoms with E-state index in [1.165, 1.54) is 0 Å². The van der Waals surface area contributed by atoms with E-state index in [4.69, 9.17) is 11.2 Å². The second-order valence-corrected chi connectivity index (χ2v) is 6.06. The highest BCUT2D eigenvalue weighted by molar-refractivity contribution is 5.98. The van der Waals surface area contributed by atoms with Crippen LogP contribution in [-0.2, 0) is 9.53 Å². The van der Waals surface area contributed by atoms with Crippen LogP contribution in [0.3, 0.4) is 0 Å². The Labute approximate surface area is 125 Å². The SMILES string of the molecule is C#Cc1cc(C(=O)OC(C)(C)C)cc(N2CCCC2=O)c1. The first-order valence-corrected chi connectivity index (χ1v) is 6.95. The van der Waals surface area contributed by atoms with Gasteiger partial charge in [-0.2, -0.15) is 0 Å². The van der Waals surface area contributed by atoms with Crippen molar-refractivity contribution in [1.82, 2.24) is 0 Å². The fraction of sp³-hybridized carbons (Fsp3) is 0.412. The number of hydrogen-bond acceptors (Lipinski definition) is 3. The van der Waals surface area contributed by atoms with Crippen LogP contribution < -0.4 is 4.90 Å². The van der Waals surface area contributed by atoms with Gasteiger partial charge in [-0.25, -0.2) is 4.79 Å². The molecule has 110 valence electrons. The van der Waals surface area contributed by atoms with Crippen LogP contribution in [0.1, 0.15) is 49.5 Å². The smallest absolute Gasteiger partial charge is 0.338 e. The van der Waals surface area contributed by atoms with Crippen LogP contribution in [-0.4, -0.2) is 24.0 Å². The van der Waals surface area contributed by atoms with Gasteiger partial charge in [0.15, 0.2) is 0 Å². The van der Waals surface area contributed by atoms with Gasteiger partial charge in [-0.15, -0.1) is 6.42 Å². The topological polar surface area (TPSA) is 46.6 Å². The van der Waals surface area contributed by atoms with Crippen LogP contribution in [0.2, 0.25) is 0 Å². The van der Waals surface area contributed by atoms with Crippen molar-refractivity contribution in [3.05, 3.63) is 29.3 Å². The van der Waals surface area contributed by atoms with Gasteiger partial charge in [-0.1, -0.05) is 5.92 Å². The molecule has 21 heavy (non-hydrogen) atoms. The number of carbonyl (C=O) groups is 2. The molecular weight excluding hydrogens is 266 g/mol. The van der Waals surface area contributed by atoms with Crippen LogP contribution in [0.5, 0.6) is 0 Å². The zero-order chi connectivity index (χ0) is 15.6. The average Bonchev–Trinajstić information content (AvgIpc) is 2.82. The normalized spacial score (nSPS) is 15.0. The zero-order valence-electron chi connectivity index (χ0n) is 12.6. The molecule has 0 bridgehead atoms. The van der Waals surface area contributed by atoms with Crippen LogP contribution in [0.25, 0.3) is 0 Å². The van der Waals surface area contributed by atoms with Gasteiger partial charge < -0.3 is 9.64 Å². The quantitative estimate of drug-likeness (QED) is 0.620. The van der Waals surface area contributed by atoms with Gasteiger partial charge in [-0.05, 0) is 45.4 Å². The van der Waals surface area contributed by atoms with Crippen molar-refractivity contribution >= 4 is 17.6 Å². The van der Waals surface area contributed by atoms with Crippen molar-refractivity contribution < 1.29 is 14.3 Å². The van der Waals surface area contributed by atoms with E-state index in [0.717, 1.165) is 6.42 Å². The van der Waals surface area contributed by atoms with Crippen LogP contribution in [0.15, 0.2) is 18.2 Å². The third-order valence-corrected chi connectivity index (χ3v) is 3.10. The monoisotopic (exact) mass is 285 g/mol. The predicted molar refractivity (Wildman–Crippen MR) is 81.1 cm³/mol. The molecule has 0 aromatic heterocycles. The Balaban J connectivity index is 2.36. The number of carbonyl (C=O) groups excluding carboxylic acids is 2. The molecule has 0 spiro atoms. The summed E-state index contributed by atoms with van der Waals surface area (Å²) in [7, 11) is 0. The van der Waals surface area contributed by atoms with Crippen molar-refractivity contribution in [3.8, 4) is 12.3 Å². The first-order valence-electron chi connectivity index (χ1n) is 6.95.